The summed E-state index contributed by atoms with van der Waals surface area (Å²) >= 11 is 0. The predicted octanol–water partition coefficient (Wildman–Crippen LogP) is 3.17. The summed E-state index contributed by atoms with van der Waals surface area (Å²) in [6.45, 7) is 0.880. The minimum atomic E-state index is -0.381. The summed E-state index contributed by atoms with van der Waals surface area (Å²) < 4.78 is 0. The van der Waals surface area contributed by atoms with Gasteiger partial charge in [-0.15, -0.1) is 0 Å². The Morgan fingerprint density at radius 2 is 1.75 bits per heavy atom. The van der Waals surface area contributed by atoms with E-state index in [4.69, 9.17) is 0 Å². The number of aliphatic hydroxyl groups is 1. The zero-order chi connectivity index (χ0) is 13.9. The summed E-state index contributed by atoms with van der Waals surface area (Å²) in [7, 11) is 2.11. The Morgan fingerprint density at radius 3 is 2.55 bits per heavy atom. The van der Waals surface area contributed by atoms with Crippen molar-refractivity contribution in [3.8, 4) is 0 Å². The first-order valence-electron chi connectivity index (χ1n) is 7.26. The van der Waals surface area contributed by atoms with Gasteiger partial charge in [0.05, 0.1) is 6.10 Å². The topological polar surface area (TPSA) is 23.5 Å². The number of hydrogen-bond acceptors (Lipinski definition) is 2. The maximum Gasteiger partial charge on any atom is 0.0947 e. The van der Waals surface area contributed by atoms with Crippen molar-refractivity contribution in [3.63, 3.8) is 0 Å². The largest absolute Gasteiger partial charge is 0.387 e. The standard InChI is InChI=1S/C18H21NO/c1-19(13-14-7-3-2-4-8-14)17-12-11-15-9-5-6-10-16(15)18(17)20/h2-10,17-18,20H,11-13H2,1H3. The first-order chi connectivity index (χ1) is 9.75. The van der Waals surface area contributed by atoms with Crippen LogP contribution in [0.2, 0.25) is 0 Å². The van der Waals surface area contributed by atoms with Gasteiger partial charge in [-0.25, -0.2) is 0 Å². The van der Waals surface area contributed by atoms with Crippen molar-refractivity contribution in [2.24, 2.45) is 0 Å². The molecule has 0 spiro atoms. The first-order valence-corrected chi connectivity index (χ1v) is 7.26. The molecule has 1 aliphatic rings. The second-order valence-electron chi connectivity index (χ2n) is 5.65. The molecule has 0 saturated carbocycles. The molecule has 3 rings (SSSR count). The van der Waals surface area contributed by atoms with E-state index in [2.05, 4.69) is 54.4 Å². The summed E-state index contributed by atoms with van der Waals surface area (Å²) in [6.07, 6.45) is 1.69. The summed E-state index contributed by atoms with van der Waals surface area (Å²) in [4.78, 5) is 2.27. The summed E-state index contributed by atoms with van der Waals surface area (Å²) in [6, 6.07) is 18.9. The van der Waals surface area contributed by atoms with Crippen LogP contribution in [0.25, 0.3) is 0 Å². The predicted molar refractivity (Wildman–Crippen MR) is 81.4 cm³/mol. The lowest BCUT2D eigenvalue weighted by Gasteiger charge is -2.36. The quantitative estimate of drug-likeness (QED) is 0.923. The molecule has 0 fully saturated rings. The van der Waals surface area contributed by atoms with Gasteiger partial charge in [0, 0.05) is 12.6 Å². The molecule has 2 atom stereocenters. The second kappa shape index (κ2) is 5.78. The first kappa shape index (κ1) is 13.3. The van der Waals surface area contributed by atoms with Gasteiger partial charge in [-0.2, -0.15) is 0 Å². The number of hydrogen-bond donors (Lipinski definition) is 1. The van der Waals surface area contributed by atoms with E-state index in [0.29, 0.717) is 0 Å². The molecule has 0 saturated heterocycles. The van der Waals surface area contributed by atoms with Crippen LogP contribution in [0, 0.1) is 0 Å². The van der Waals surface area contributed by atoms with Gasteiger partial charge in [0.15, 0.2) is 0 Å². The monoisotopic (exact) mass is 267 g/mol. The molecular weight excluding hydrogens is 246 g/mol. The highest BCUT2D eigenvalue weighted by molar-refractivity contribution is 5.32. The highest BCUT2D eigenvalue weighted by Crippen LogP contribution is 2.32. The highest BCUT2D eigenvalue weighted by Gasteiger charge is 2.30. The van der Waals surface area contributed by atoms with Crippen molar-refractivity contribution in [2.75, 3.05) is 7.05 Å². The minimum absolute atomic E-state index is 0.199. The molecule has 2 nitrogen and oxygen atoms in total. The fraction of sp³-hybridized carbons (Fsp3) is 0.333. The van der Waals surface area contributed by atoms with Crippen LogP contribution >= 0.6 is 0 Å². The molecule has 20 heavy (non-hydrogen) atoms. The Bertz CT molecular complexity index is 567. The number of fused-ring (bicyclic) bond motifs is 1. The molecule has 2 aromatic rings. The van der Waals surface area contributed by atoms with Gasteiger partial charge in [0.1, 0.15) is 0 Å². The zero-order valence-electron chi connectivity index (χ0n) is 11.9. The van der Waals surface area contributed by atoms with Crippen molar-refractivity contribution in [3.05, 3.63) is 71.3 Å². The number of likely N-dealkylation sites (N-methyl/N-ethyl adjacent to an activating group) is 1. The summed E-state index contributed by atoms with van der Waals surface area (Å²) in [5.41, 5.74) is 3.69. The molecule has 2 unspecified atom stereocenters. The van der Waals surface area contributed by atoms with Crippen molar-refractivity contribution in [2.45, 2.75) is 31.5 Å². The maximum atomic E-state index is 10.6. The van der Waals surface area contributed by atoms with E-state index in [9.17, 15) is 5.11 Å². The van der Waals surface area contributed by atoms with Crippen LogP contribution in [-0.2, 0) is 13.0 Å². The Hall–Kier alpha value is -1.64. The molecule has 0 amide bonds. The molecule has 0 bridgehead atoms. The van der Waals surface area contributed by atoms with E-state index in [1.54, 1.807) is 0 Å². The third kappa shape index (κ3) is 2.62. The van der Waals surface area contributed by atoms with Crippen LogP contribution in [0.1, 0.15) is 29.2 Å². The zero-order valence-corrected chi connectivity index (χ0v) is 11.9. The Kier molecular flexibility index (Phi) is 3.86. The van der Waals surface area contributed by atoms with Crippen molar-refractivity contribution >= 4 is 0 Å². The van der Waals surface area contributed by atoms with E-state index in [-0.39, 0.29) is 12.1 Å². The van der Waals surface area contributed by atoms with Crippen molar-refractivity contribution in [1.82, 2.24) is 4.90 Å². The Labute approximate surface area is 120 Å². The second-order valence-corrected chi connectivity index (χ2v) is 5.65. The lowest BCUT2D eigenvalue weighted by molar-refractivity contribution is 0.0462. The third-order valence-corrected chi connectivity index (χ3v) is 4.29. The van der Waals surface area contributed by atoms with Crippen LogP contribution in [0.4, 0.5) is 0 Å². The van der Waals surface area contributed by atoms with Crippen LogP contribution in [-0.4, -0.2) is 23.1 Å². The van der Waals surface area contributed by atoms with E-state index in [0.717, 1.165) is 24.9 Å². The average Bonchev–Trinajstić information content (AvgIpc) is 2.49. The fourth-order valence-electron chi connectivity index (χ4n) is 3.17. The van der Waals surface area contributed by atoms with E-state index in [1.165, 1.54) is 11.1 Å². The van der Waals surface area contributed by atoms with Gasteiger partial charge in [0.25, 0.3) is 0 Å². The SMILES string of the molecule is CN(Cc1ccccc1)C1CCc2ccccc2C1O. The van der Waals surface area contributed by atoms with Crippen molar-refractivity contribution < 1.29 is 5.11 Å². The molecule has 1 aliphatic carbocycles. The smallest absolute Gasteiger partial charge is 0.0947 e. The van der Waals surface area contributed by atoms with Gasteiger partial charge in [-0.3, -0.25) is 4.90 Å². The molecule has 104 valence electrons. The van der Waals surface area contributed by atoms with Crippen LogP contribution < -0.4 is 0 Å². The Morgan fingerprint density at radius 1 is 1.05 bits per heavy atom. The Balaban J connectivity index is 1.75. The number of benzene rings is 2. The molecule has 0 radical (unpaired) electrons. The normalized spacial score (nSPS) is 21.8. The van der Waals surface area contributed by atoms with Gasteiger partial charge in [0.2, 0.25) is 0 Å². The van der Waals surface area contributed by atoms with E-state index in [1.807, 2.05) is 12.1 Å². The number of rotatable bonds is 3. The van der Waals surface area contributed by atoms with Crippen LogP contribution in [0.15, 0.2) is 54.6 Å². The minimum Gasteiger partial charge on any atom is -0.387 e. The third-order valence-electron chi connectivity index (χ3n) is 4.29. The van der Waals surface area contributed by atoms with Gasteiger partial charge < -0.3 is 5.11 Å². The number of aliphatic hydroxyl groups excluding tert-OH is 1. The number of aryl methyl sites for hydroxylation is 1. The maximum absolute atomic E-state index is 10.6. The van der Waals surface area contributed by atoms with E-state index < -0.39 is 0 Å². The number of nitrogens with zero attached hydrogens (tertiary/aromatic N) is 1. The van der Waals surface area contributed by atoms with Crippen LogP contribution in [0.3, 0.4) is 0 Å². The van der Waals surface area contributed by atoms with Crippen LogP contribution in [0.5, 0.6) is 0 Å². The lowest BCUT2D eigenvalue weighted by atomic mass is 9.85. The molecule has 2 aromatic carbocycles. The van der Waals surface area contributed by atoms with Gasteiger partial charge >= 0.3 is 0 Å². The molecular formula is C18H21NO. The molecule has 1 N–H and O–H groups in total. The molecule has 0 aromatic heterocycles. The van der Waals surface area contributed by atoms with Gasteiger partial charge in [-0.1, -0.05) is 54.6 Å². The lowest BCUT2D eigenvalue weighted by Crippen LogP contribution is -2.39. The highest BCUT2D eigenvalue weighted by atomic mass is 16.3. The molecule has 0 heterocycles. The molecule has 0 aliphatic heterocycles. The fourth-order valence-corrected chi connectivity index (χ4v) is 3.17. The molecule has 2 heteroatoms. The van der Waals surface area contributed by atoms with Crippen molar-refractivity contribution in [1.29, 1.82) is 0 Å². The van der Waals surface area contributed by atoms with E-state index >= 15 is 0 Å². The summed E-state index contributed by atoms with van der Waals surface area (Å²) in [5.74, 6) is 0. The summed E-state index contributed by atoms with van der Waals surface area (Å²) in [5, 5.41) is 10.6. The average molecular weight is 267 g/mol. The van der Waals surface area contributed by atoms with Gasteiger partial charge in [-0.05, 0) is 36.6 Å².